The molecule has 2 saturated carbocycles. The van der Waals surface area contributed by atoms with Crippen LogP contribution in [-0.2, 0) is 4.79 Å². The van der Waals surface area contributed by atoms with Crippen molar-refractivity contribution in [2.45, 2.75) is 56.2 Å². The highest BCUT2D eigenvalue weighted by atomic mass is 19.1. The van der Waals surface area contributed by atoms with Gasteiger partial charge in [-0.15, -0.1) is 0 Å². The fourth-order valence-corrected chi connectivity index (χ4v) is 3.06. The Balaban J connectivity index is 1.70. The quantitative estimate of drug-likeness (QED) is 0.876. The van der Waals surface area contributed by atoms with Crippen LogP contribution in [0.3, 0.4) is 0 Å². The van der Waals surface area contributed by atoms with Crippen LogP contribution in [0.25, 0.3) is 0 Å². The Bertz CT molecular complexity index is 532. The number of carbonyl (C=O) groups is 1. The highest BCUT2D eigenvalue weighted by Crippen LogP contribution is 2.34. The second-order valence-electron chi connectivity index (χ2n) is 6.10. The molecule has 0 aromatic heterocycles. The summed E-state index contributed by atoms with van der Waals surface area (Å²) in [6, 6.07) is 6.33. The van der Waals surface area contributed by atoms with Gasteiger partial charge in [-0.3, -0.25) is 10.1 Å². The van der Waals surface area contributed by atoms with E-state index in [2.05, 4.69) is 5.32 Å². The van der Waals surface area contributed by atoms with Crippen LogP contribution in [0.15, 0.2) is 24.3 Å². The third kappa shape index (κ3) is 3.35. The first-order chi connectivity index (χ1) is 10.1. The van der Waals surface area contributed by atoms with Gasteiger partial charge in [0.2, 0.25) is 0 Å². The van der Waals surface area contributed by atoms with E-state index < -0.39 is 11.5 Å². The van der Waals surface area contributed by atoms with E-state index in [-0.39, 0.29) is 11.9 Å². The topological polar surface area (TPSA) is 58.6 Å². The molecule has 3 rings (SSSR count). The summed E-state index contributed by atoms with van der Waals surface area (Å²) in [4.78, 5) is 11.7. The number of carboxylic acid groups (broad SMARTS) is 1. The molecule has 0 heterocycles. The van der Waals surface area contributed by atoms with E-state index in [1.54, 1.807) is 12.1 Å². The van der Waals surface area contributed by atoms with Crippen LogP contribution in [0.4, 0.5) is 4.39 Å². The van der Waals surface area contributed by atoms with Gasteiger partial charge in [0.15, 0.2) is 0 Å². The normalized spacial score (nSPS) is 29.1. The van der Waals surface area contributed by atoms with Gasteiger partial charge in [-0.2, -0.15) is 0 Å². The summed E-state index contributed by atoms with van der Waals surface area (Å²) in [7, 11) is 0. The molecule has 0 aliphatic heterocycles. The van der Waals surface area contributed by atoms with Gasteiger partial charge in [-0.05, 0) is 44.2 Å². The number of hydrogen-bond donors (Lipinski definition) is 2. The lowest BCUT2D eigenvalue weighted by Crippen LogP contribution is -2.57. The second kappa shape index (κ2) is 5.64. The molecule has 5 heteroatoms. The molecule has 0 amide bonds. The van der Waals surface area contributed by atoms with Gasteiger partial charge in [0, 0.05) is 18.5 Å². The molecule has 0 saturated heterocycles. The van der Waals surface area contributed by atoms with Gasteiger partial charge in [-0.1, -0.05) is 6.07 Å². The minimum absolute atomic E-state index is 0.192. The van der Waals surface area contributed by atoms with Crippen LogP contribution < -0.4 is 10.1 Å². The average Bonchev–Trinajstić information content (AvgIpc) is 3.23. The molecule has 2 N–H and O–H groups in total. The van der Waals surface area contributed by atoms with Crippen LogP contribution in [0.2, 0.25) is 0 Å². The molecule has 2 aliphatic rings. The SMILES string of the molecule is O=C(O)C1(NC2CC2)CCCC(Oc2cccc(F)c2)C1. The number of hydrogen-bond acceptors (Lipinski definition) is 3. The molecule has 2 aliphatic carbocycles. The summed E-state index contributed by atoms with van der Waals surface area (Å²) in [5, 5.41) is 12.9. The zero-order valence-corrected chi connectivity index (χ0v) is 11.8. The van der Waals surface area contributed by atoms with Crippen LogP contribution in [0.1, 0.15) is 38.5 Å². The van der Waals surface area contributed by atoms with Gasteiger partial charge in [0.05, 0.1) is 0 Å². The lowest BCUT2D eigenvalue weighted by molar-refractivity contribution is -0.148. The van der Waals surface area contributed by atoms with Crippen LogP contribution in [0.5, 0.6) is 5.75 Å². The van der Waals surface area contributed by atoms with E-state index in [0.717, 1.165) is 25.7 Å². The number of nitrogens with one attached hydrogen (secondary N) is 1. The van der Waals surface area contributed by atoms with Crippen LogP contribution >= 0.6 is 0 Å². The number of carboxylic acids is 1. The van der Waals surface area contributed by atoms with Crippen molar-refractivity contribution in [3.05, 3.63) is 30.1 Å². The Kier molecular flexibility index (Phi) is 3.85. The molecule has 0 spiro atoms. The highest BCUT2D eigenvalue weighted by molar-refractivity contribution is 5.79. The third-order valence-electron chi connectivity index (χ3n) is 4.27. The van der Waals surface area contributed by atoms with Gasteiger partial charge in [-0.25, -0.2) is 4.39 Å². The van der Waals surface area contributed by atoms with Crippen LogP contribution in [-0.4, -0.2) is 28.8 Å². The zero-order valence-electron chi connectivity index (χ0n) is 11.8. The van der Waals surface area contributed by atoms with Gasteiger partial charge in [0.1, 0.15) is 23.2 Å². The van der Waals surface area contributed by atoms with Gasteiger partial charge >= 0.3 is 5.97 Å². The number of benzene rings is 1. The minimum atomic E-state index is -0.891. The second-order valence-corrected chi connectivity index (χ2v) is 6.10. The number of halogens is 1. The fourth-order valence-electron chi connectivity index (χ4n) is 3.06. The van der Waals surface area contributed by atoms with Gasteiger partial charge in [0.25, 0.3) is 0 Å². The molecule has 2 fully saturated rings. The Labute approximate surface area is 123 Å². The Hall–Kier alpha value is -1.62. The van der Waals surface area contributed by atoms with E-state index in [1.807, 2.05) is 0 Å². The largest absolute Gasteiger partial charge is 0.490 e. The standard InChI is InChI=1S/C16H20FNO3/c17-11-3-1-4-13(9-11)21-14-5-2-8-16(10-14,15(19)20)18-12-6-7-12/h1,3-4,9,12,14,18H,2,5-8,10H2,(H,19,20). The zero-order chi connectivity index (χ0) is 14.9. The molecule has 2 unspecified atom stereocenters. The maximum atomic E-state index is 13.2. The molecule has 0 bridgehead atoms. The number of aliphatic carboxylic acids is 1. The monoisotopic (exact) mass is 293 g/mol. The van der Waals surface area contributed by atoms with Crippen molar-refractivity contribution in [2.24, 2.45) is 0 Å². The Morgan fingerprint density at radius 2 is 2.19 bits per heavy atom. The maximum Gasteiger partial charge on any atom is 0.324 e. The van der Waals surface area contributed by atoms with E-state index in [0.29, 0.717) is 24.6 Å². The molecule has 1 aromatic rings. The van der Waals surface area contributed by atoms with E-state index in [4.69, 9.17) is 4.74 Å². The first-order valence-electron chi connectivity index (χ1n) is 7.51. The smallest absolute Gasteiger partial charge is 0.324 e. The van der Waals surface area contributed by atoms with Crippen molar-refractivity contribution in [1.29, 1.82) is 0 Å². The van der Waals surface area contributed by atoms with E-state index in [9.17, 15) is 14.3 Å². The molecule has 114 valence electrons. The highest BCUT2D eigenvalue weighted by Gasteiger charge is 2.46. The van der Waals surface area contributed by atoms with E-state index in [1.165, 1.54) is 12.1 Å². The summed E-state index contributed by atoms with van der Waals surface area (Å²) in [5.74, 6) is -0.682. The van der Waals surface area contributed by atoms with Crippen molar-refractivity contribution in [3.63, 3.8) is 0 Å². The van der Waals surface area contributed by atoms with Crippen molar-refractivity contribution in [1.82, 2.24) is 5.32 Å². The van der Waals surface area contributed by atoms with Crippen molar-refractivity contribution < 1.29 is 19.0 Å². The summed E-state index contributed by atoms with van der Waals surface area (Å²) < 4.78 is 19.0. The lowest BCUT2D eigenvalue weighted by Gasteiger charge is -2.38. The molecule has 2 atom stereocenters. The number of ether oxygens (including phenoxy) is 1. The summed E-state index contributed by atoms with van der Waals surface area (Å²) in [6.07, 6.45) is 4.55. The minimum Gasteiger partial charge on any atom is -0.490 e. The van der Waals surface area contributed by atoms with Gasteiger partial charge < -0.3 is 9.84 Å². The molecular formula is C16H20FNO3. The lowest BCUT2D eigenvalue weighted by atomic mass is 9.80. The summed E-state index contributed by atoms with van der Waals surface area (Å²) in [6.45, 7) is 0. The van der Waals surface area contributed by atoms with Crippen molar-refractivity contribution >= 4 is 5.97 Å². The molecule has 1 aromatic carbocycles. The first-order valence-corrected chi connectivity index (χ1v) is 7.51. The fraction of sp³-hybridized carbons (Fsp3) is 0.562. The third-order valence-corrected chi connectivity index (χ3v) is 4.27. The predicted molar refractivity (Wildman–Crippen MR) is 75.8 cm³/mol. The van der Waals surface area contributed by atoms with Crippen LogP contribution in [0, 0.1) is 5.82 Å². The molecule has 21 heavy (non-hydrogen) atoms. The Morgan fingerprint density at radius 1 is 1.38 bits per heavy atom. The maximum absolute atomic E-state index is 13.2. The summed E-state index contributed by atoms with van der Waals surface area (Å²) >= 11 is 0. The molecule has 0 radical (unpaired) electrons. The average molecular weight is 293 g/mol. The van der Waals surface area contributed by atoms with Crippen molar-refractivity contribution in [3.8, 4) is 5.75 Å². The number of rotatable bonds is 5. The van der Waals surface area contributed by atoms with E-state index >= 15 is 0 Å². The first kappa shape index (κ1) is 14.3. The molecular weight excluding hydrogens is 273 g/mol. The Morgan fingerprint density at radius 3 is 2.86 bits per heavy atom. The summed E-state index contributed by atoms with van der Waals surface area (Å²) in [5.41, 5.74) is -0.891. The van der Waals surface area contributed by atoms with Crippen molar-refractivity contribution in [2.75, 3.05) is 0 Å². The predicted octanol–water partition coefficient (Wildman–Crippen LogP) is 2.72. The molecule has 4 nitrogen and oxygen atoms in total.